The van der Waals surface area contributed by atoms with Crippen molar-refractivity contribution in [3.63, 3.8) is 0 Å². The number of carbonyl (C=O) groups excluding carboxylic acids is 1. The summed E-state index contributed by atoms with van der Waals surface area (Å²) >= 11 is 6.45. The number of ether oxygens (including phenoxy) is 1. The average molecular weight is 477 g/mol. The highest BCUT2D eigenvalue weighted by Gasteiger charge is 2.12. The summed E-state index contributed by atoms with van der Waals surface area (Å²) < 4.78 is 20.4. The summed E-state index contributed by atoms with van der Waals surface area (Å²) in [6, 6.07) is 22.8. The summed E-state index contributed by atoms with van der Waals surface area (Å²) in [7, 11) is 0. The maximum Gasteiger partial charge on any atom is 0.271 e. The Kier molecular flexibility index (Phi) is 7.34. The van der Waals surface area contributed by atoms with Crippen LogP contribution in [0.2, 0.25) is 5.15 Å². The number of hydrogen-bond acceptors (Lipinski definition) is 4. The molecule has 0 spiro atoms. The molecule has 34 heavy (non-hydrogen) atoms. The molecule has 0 aliphatic carbocycles. The molecule has 1 aromatic heterocycles. The Bertz CT molecular complexity index is 1290. The van der Waals surface area contributed by atoms with Gasteiger partial charge in [-0.15, -0.1) is 0 Å². The van der Waals surface area contributed by atoms with Crippen LogP contribution in [0.5, 0.6) is 5.75 Å². The second-order valence-corrected chi connectivity index (χ2v) is 7.93. The highest BCUT2D eigenvalue weighted by atomic mass is 35.5. The average Bonchev–Trinajstić information content (AvgIpc) is 3.12. The largest absolute Gasteiger partial charge is 0.489 e. The van der Waals surface area contributed by atoms with Crippen LogP contribution in [-0.2, 0) is 13.2 Å². The second-order valence-electron chi connectivity index (χ2n) is 7.57. The fraction of sp³-hybridized carbons (Fsp3) is 0.115. The molecule has 1 amide bonds. The number of hydrazone groups is 1. The van der Waals surface area contributed by atoms with Crippen LogP contribution in [0.15, 0.2) is 84.0 Å². The molecule has 0 radical (unpaired) electrons. The molecular weight excluding hydrogens is 455 g/mol. The number of carbonyl (C=O) groups is 1. The van der Waals surface area contributed by atoms with E-state index in [2.05, 4.69) is 15.6 Å². The van der Waals surface area contributed by atoms with Crippen molar-refractivity contribution in [3.05, 3.63) is 118 Å². The van der Waals surface area contributed by atoms with Crippen molar-refractivity contribution < 1.29 is 13.9 Å². The maximum atomic E-state index is 13.1. The molecule has 0 fully saturated rings. The first kappa shape index (κ1) is 23.2. The molecule has 8 heteroatoms. The van der Waals surface area contributed by atoms with Crippen LogP contribution in [0, 0.1) is 12.7 Å². The molecule has 0 aliphatic heterocycles. The van der Waals surface area contributed by atoms with Crippen molar-refractivity contribution in [2.24, 2.45) is 5.10 Å². The molecule has 3 aromatic carbocycles. The lowest BCUT2D eigenvalue weighted by atomic mass is 10.1. The molecule has 6 nitrogen and oxygen atoms in total. The number of hydrogen-bond donors (Lipinski definition) is 1. The van der Waals surface area contributed by atoms with Gasteiger partial charge in [-0.3, -0.25) is 4.79 Å². The normalized spacial score (nSPS) is 11.0. The molecule has 0 aliphatic rings. The van der Waals surface area contributed by atoms with Crippen molar-refractivity contribution >= 4 is 23.7 Å². The number of halogens is 2. The van der Waals surface area contributed by atoms with E-state index in [9.17, 15) is 9.18 Å². The second kappa shape index (κ2) is 10.8. The minimum atomic E-state index is -0.348. The molecule has 0 unspecified atom stereocenters. The quantitative estimate of drug-likeness (QED) is 0.274. The summed E-state index contributed by atoms with van der Waals surface area (Å²) in [5.41, 5.74) is 6.03. The van der Waals surface area contributed by atoms with Gasteiger partial charge in [0.15, 0.2) is 0 Å². The number of rotatable bonds is 8. The minimum absolute atomic E-state index is 0.301. The zero-order chi connectivity index (χ0) is 23.9. The Morgan fingerprint density at radius 1 is 1.06 bits per heavy atom. The highest BCUT2D eigenvalue weighted by molar-refractivity contribution is 6.32. The lowest BCUT2D eigenvalue weighted by Gasteiger charge is -2.06. The number of amides is 1. The Hall–Kier alpha value is -3.97. The van der Waals surface area contributed by atoms with Gasteiger partial charge < -0.3 is 4.74 Å². The maximum absolute atomic E-state index is 13.1. The summed E-state index contributed by atoms with van der Waals surface area (Å²) in [5.74, 6) is 0.137. The molecule has 4 rings (SSSR count). The van der Waals surface area contributed by atoms with Crippen molar-refractivity contribution in [2.75, 3.05) is 0 Å². The number of para-hydroxylation sites is 1. The molecule has 172 valence electrons. The van der Waals surface area contributed by atoms with Crippen LogP contribution in [0.3, 0.4) is 0 Å². The lowest BCUT2D eigenvalue weighted by Crippen LogP contribution is -2.17. The first-order valence-corrected chi connectivity index (χ1v) is 10.9. The number of aromatic nitrogens is 2. The van der Waals surface area contributed by atoms with Crippen molar-refractivity contribution in [1.29, 1.82) is 0 Å². The van der Waals surface area contributed by atoms with E-state index in [1.54, 1.807) is 35.9 Å². The van der Waals surface area contributed by atoms with Crippen molar-refractivity contribution in [2.45, 2.75) is 20.1 Å². The van der Waals surface area contributed by atoms with E-state index in [4.69, 9.17) is 16.3 Å². The van der Waals surface area contributed by atoms with Crippen LogP contribution < -0.4 is 10.2 Å². The fourth-order valence-electron chi connectivity index (χ4n) is 3.24. The Morgan fingerprint density at radius 2 is 1.74 bits per heavy atom. The predicted molar refractivity (Wildman–Crippen MR) is 130 cm³/mol. The van der Waals surface area contributed by atoms with Gasteiger partial charge in [-0.2, -0.15) is 10.2 Å². The topological polar surface area (TPSA) is 68.5 Å². The zero-order valence-corrected chi connectivity index (χ0v) is 19.2. The third kappa shape index (κ3) is 5.88. The van der Waals surface area contributed by atoms with E-state index < -0.39 is 0 Å². The van der Waals surface area contributed by atoms with Gasteiger partial charge >= 0.3 is 0 Å². The van der Waals surface area contributed by atoms with E-state index in [0.29, 0.717) is 35.1 Å². The number of benzene rings is 3. The Morgan fingerprint density at radius 3 is 2.44 bits per heavy atom. The molecule has 0 bridgehead atoms. The summed E-state index contributed by atoms with van der Waals surface area (Å²) in [6.07, 6.45) is 1.46. The van der Waals surface area contributed by atoms with Gasteiger partial charge in [-0.05, 0) is 54.4 Å². The summed E-state index contributed by atoms with van der Waals surface area (Å²) in [6.45, 7) is 2.59. The van der Waals surface area contributed by atoms with Gasteiger partial charge in [-0.25, -0.2) is 14.5 Å². The van der Waals surface area contributed by atoms with E-state index >= 15 is 0 Å². The van der Waals surface area contributed by atoms with E-state index in [1.807, 2.05) is 42.5 Å². The lowest BCUT2D eigenvalue weighted by molar-refractivity contribution is 0.0955. The molecular formula is C26H22ClFN4O2. The summed E-state index contributed by atoms with van der Waals surface area (Å²) in [4.78, 5) is 12.4. The van der Waals surface area contributed by atoms with Crippen LogP contribution in [0.1, 0.15) is 32.7 Å². The van der Waals surface area contributed by atoms with Gasteiger partial charge in [0.05, 0.1) is 24.0 Å². The SMILES string of the molecule is Cc1nn(Cc2ccc(F)cc2)c(Cl)c1/C=N/NC(=O)c1ccc(COc2ccccc2)cc1. The van der Waals surface area contributed by atoms with Gasteiger partial charge in [0, 0.05) is 5.56 Å². The molecule has 1 heterocycles. The van der Waals surface area contributed by atoms with E-state index in [0.717, 1.165) is 16.9 Å². The van der Waals surface area contributed by atoms with Crippen molar-refractivity contribution in [1.82, 2.24) is 15.2 Å². The Balaban J connectivity index is 1.34. The molecule has 1 N–H and O–H groups in total. The van der Waals surface area contributed by atoms with Gasteiger partial charge in [-0.1, -0.05) is 54.1 Å². The third-order valence-corrected chi connectivity index (χ3v) is 5.48. The molecule has 0 atom stereocenters. The monoisotopic (exact) mass is 476 g/mol. The van der Waals surface area contributed by atoms with E-state index in [1.165, 1.54) is 18.3 Å². The molecule has 0 saturated carbocycles. The zero-order valence-electron chi connectivity index (χ0n) is 18.4. The van der Waals surface area contributed by atoms with Crippen LogP contribution in [0.25, 0.3) is 0 Å². The molecule has 0 saturated heterocycles. The van der Waals surface area contributed by atoms with Gasteiger partial charge in [0.2, 0.25) is 0 Å². The molecule has 4 aromatic rings. The number of aryl methyl sites for hydroxylation is 1. The predicted octanol–water partition coefficient (Wildman–Crippen LogP) is 5.38. The summed E-state index contributed by atoms with van der Waals surface area (Å²) in [5, 5.41) is 8.82. The number of nitrogens with zero attached hydrogens (tertiary/aromatic N) is 3. The van der Waals surface area contributed by atoms with Gasteiger partial charge in [0.1, 0.15) is 23.3 Å². The Labute approximate surface area is 201 Å². The van der Waals surface area contributed by atoms with Crippen LogP contribution >= 0.6 is 11.6 Å². The minimum Gasteiger partial charge on any atom is -0.489 e. The van der Waals surface area contributed by atoms with E-state index in [-0.39, 0.29) is 11.7 Å². The highest BCUT2D eigenvalue weighted by Crippen LogP contribution is 2.19. The van der Waals surface area contributed by atoms with Crippen LogP contribution in [0.4, 0.5) is 4.39 Å². The van der Waals surface area contributed by atoms with Crippen LogP contribution in [-0.4, -0.2) is 21.9 Å². The van der Waals surface area contributed by atoms with Gasteiger partial charge in [0.25, 0.3) is 5.91 Å². The number of nitrogens with one attached hydrogen (secondary N) is 1. The third-order valence-electron chi connectivity index (χ3n) is 5.08. The first-order chi connectivity index (χ1) is 16.5. The fourth-order valence-corrected chi connectivity index (χ4v) is 3.52. The smallest absolute Gasteiger partial charge is 0.271 e. The standard InChI is InChI=1S/C26H22ClFN4O2/c1-18-24(25(27)32(31-18)16-19-9-13-22(28)14-10-19)15-29-30-26(33)21-11-7-20(8-12-21)17-34-23-5-3-2-4-6-23/h2-15H,16-17H2,1H3,(H,30,33)/b29-15+. The first-order valence-electron chi connectivity index (χ1n) is 10.6. The van der Waals surface area contributed by atoms with Crippen molar-refractivity contribution in [3.8, 4) is 5.75 Å².